The Hall–Kier alpha value is -2.60. The second kappa shape index (κ2) is 41.4. The van der Waals surface area contributed by atoms with E-state index < -0.39 is 49.4 Å². The van der Waals surface area contributed by atoms with Crippen molar-refractivity contribution in [3.63, 3.8) is 0 Å². The average Bonchev–Trinajstić information content (AvgIpc) is 3.26. The van der Waals surface area contributed by atoms with Gasteiger partial charge in [0.2, 0.25) is 0 Å². The third-order valence-electron chi connectivity index (χ3n) is 10.9. The lowest BCUT2D eigenvalue weighted by Gasteiger charge is -2.39. The maximum atomic E-state index is 12.8. The van der Waals surface area contributed by atoms with E-state index in [1.165, 1.54) is 64.2 Å². The first kappa shape index (κ1) is 56.4. The van der Waals surface area contributed by atoms with E-state index in [0.29, 0.717) is 6.42 Å². The number of ether oxygens (including phenoxy) is 4. The molecule has 1 heterocycles. The Morgan fingerprint density at radius 2 is 0.967 bits per heavy atom. The number of hydrogen-bond donors (Lipinski definition) is 4. The van der Waals surface area contributed by atoms with Crippen LogP contribution in [0.3, 0.4) is 0 Å². The van der Waals surface area contributed by atoms with Crippen LogP contribution in [0.1, 0.15) is 194 Å². The van der Waals surface area contributed by atoms with E-state index in [2.05, 4.69) is 74.6 Å². The summed E-state index contributed by atoms with van der Waals surface area (Å²) in [6, 6.07) is 0. The highest BCUT2D eigenvalue weighted by Gasteiger charge is 2.44. The molecule has 0 aromatic heterocycles. The number of esters is 2. The third-order valence-corrected chi connectivity index (χ3v) is 10.9. The number of allylic oxidation sites excluding steroid dienone is 10. The van der Waals surface area contributed by atoms with Crippen LogP contribution in [0.5, 0.6) is 0 Å². The van der Waals surface area contributed by atoms with Crippen LogP contribution in [0.25, 0.3) is 0 Å². The summed E-state index contributed by atoms with van der Waals surface area (Å²) in [6.45, 7) is 3.29. The van der Waals surface area contributed by atoms with Gasteiger partial charge >= 0.3 is 11.9 Å². The van der Waals surface area contributed by atoms with Crippen molar-refractivity contribution in [3.8, 4) is 0 Å². The maximum Gasteiger partial charge on any atom is 0.306 e. The Kier molecular flexibility index (Phi) is 38.3. The van der Waals surface area contributed by atoms with E-state index in [9.17, 15) is 30.0 Å². The number of aliphatic hydroxyl groups excluding tert-OH is 4. The van der Waals surface area contributed by atoms with E-state index in [1.54, 1.807) is 0 Å². The van der Waals surface area contributed by atoms with Crippen LogP contribution < -0.4 is 0 Å². The molecule has 352 valence electrons. The van der Waals surface area contributed by atoms with Gasteiger partial charge in [-0.2, -0.15) is 0 Å². The van der Waals surface area contributed by atoms with Gasteiger partial charge < -0.3 is 39.4 Å². The quantitative estimate of drug-likeness (QED) is 0.0266. The van der Waals surface area contributed by atoms with Crippen LogP contribution in [0.2, 0.25) is 0 Å². The van der Waals surface area contributed by atoms with Crippen LogP contribution in [-0.2, 0) is 28.5 Å². The van der Waals surface area contributed by atoms with Crippen molar-refractivity contribution in [1.29, 1.82) is 0 Å². The second-order valence-electron chi connectivity index (χ2n) is 16.5. The highest BCUT2D eigenvalue weighted by Crippen LogP contribution is 2.23. The minimum atomic E-state index is -1.60. The largest absolute Gasteiger partial charge is 0.462 e. The van der Waals surface area contributed by atoms with Gasteiger partial charge in [-0.1, -0.05) is 164 Å². The van der Waals surface area contributed by atoms with Crippen LogP contribution in [0.4, 0.5) is 0 Å². The summed E-state index contributed by atoms with van der Waals surface area (Å²) in [6.07, 6.45) is 43.6. The van der Waals surface area contributed by atoms with E-state index in [4.69, 9.17) is 18.9 Å². The van der Waals surface area contributed by atoms with Crippen molar-refractivity contribution < 1.29 is 49.0 Å². The van der Waals surface area contributed by atoms with Crippen molar-refractivity contribution >= 4 is 11.9 Å². The topological polar surface area (TPSA) is 152 Å². The first-order valence-corrected chi connectivity index (χ1v) is 24.4. The monoisotopic (exact) mass is 861 g/mol. The molecule has 1 saturated heterocycles. The zero-order valence-electron chi connectivity index (χ0n) is 38.4. The Bertz CT molecular complexity index is 1180. The molecular formula is C51H88O10. The maximum absolute atomic E-state index is 12.8. The SMILES string of the molecule is CC/C=C\C/C=C\C/C=C\C/C=C\CCCCCCCCC(=O)OC(COC(=O)CCCCCCCCC/C=C\CCCCCCCC)COC1OC(CO)C(O)C(O)C1O. The molecule has 0 aromatic carbocycles. The Labute approximate surface area is 370 Å². The molecule has 10 heteroatoms. The van der Waals surface area contributed by atoms with Gasteiger partial charge in [0.15, 0.2) is 12.4 Å². The van der Waals surface area contributed by atoms with Crippen molar-refractivity contribution in [2.75, 3.05) is 19.8 Å². The smallest absolute Gasteiger partial charge is 0.306 e. The summed E-state index contributed by atoms with van der Waals surface area (Å²) < 4.78 is 22.2. The van der Waals surface area contributed by atoms with Gasteiger partial charge in [0.05, 0.1) is 13.2 Å². The minimum Gasteiger partial charge on any atom is -0.462 e. The third kappa shape index (κ3) is 32.7. The number of carbonyl (C=O) groups excluding carboxylic acids is 2. The standard InChI is InChI=1S/C51H88O10/c1-3-5-7-9-11-13-15-17-19-21-22-24-26-28-30-32-34-36-38-40-47(54)60-44(43-59-51-50(57)49(56)48(55)45(41-52)61-51)42-58-46(53)39-37-35-33-31-29-27-25-23-20-18-16-14-12-10-8-6-4-2/h5,7,11,13,17-20,22,24,44-45,48-52,55-57H,3-4,6,8-10,12,14-16,21,23,25-43H2,1-2H3/b7-5-,13-11-,19-17-,20-18-,24-22-. The summed E-state index contributed by atoms with van der Waals surface area (Å²) in [5.74, 6) is -0.828. The Morgan fingerprint density at radius 1 is 0.525 bits per heavy atom. The van der Waals surface area contributed by atoms with E-state index in [1.807, 2.05) is 0 Å². The fourth-order valence-corrected chi connectivity index (χ4v) is 7.06. The molecule has 0 bridgehead atoms. The number of hydrogen-bond acceptors (Lipinski definition) is 10. The molecule has 0 saturated carbocycles. The fourth-order valence-electron chi connectivity index (χ4n) is 7.06. The van der Waals surface area contributed by atoms with Crippen LogP contribution in [0, 0.1) is 0 Å². The van der Waals surface area contributed by atoms with Crippen molar-refractivity contribution in [2.24, 2.45) is 0 Å². The summed E-state index contributed by atoms with van der Waals surface area (Å²) >= 11 is 0. The van der Waals surface area contributed by atoms with Crippen molar-refractivity contribution in [2.45, 2.75) is 230 Å². The van der Waals surface area contributed by atoms with Crippen LogP contribution >= 0.6 is 0 Å². The molecule has 1 aliphatic heterocycles. The molecular weight excluding hydrogens is 773 g/mol. The summed E-state index contributed by atoms with van der Waals surface area (Å²) in [4.78, 5) is 25.4. The van der Waals surface area contributed by atoms with Gasteiger partial charge in [-0.05, 0) is 77.0 Å². The van der Waals surface area contributed by atoms with Gasteiger partial charge in [-0.3, -0.25) is 9.59 Å². The normalized spacial score (nSPS) is 20.3. The zero-order chi connectivity index (χ0) is 44.4. The molecule has 0 radical (unpaired) electrons. The van der Waals surface area contributed by atoms with Gasteiger partial charge in [0, 0.05) is 12.8 Å². The summed E-state index contributed by atoms with van der Waals surface area (Å²) in [5.41, 5.74) is 0. The molecule has 6 unspecified atom stereocenters. The zero-order valence-corrected chi connectivity index (χ0v) is 38.4. The Morgan fingerprint density at radius 3 is 1.48 bits per heavy atom. The van der Waals surface area contributed by atoms with E-state index >= 15 is 0 Å². The minimum absolute atomic E-state index is 0.211. The average molecular weight is 861 g/mol. The molecule has 1 fully saturated rings. The number of carbonyl (C=O) groups is 2. The molecule has 0 aliphatic carbocycles. The summed E-state index contributed by atoms with van der Waals surface area (Å²) in [7, 11) is 0. The second-order valence-corrected chi connectivity index (χ2v) is 16.5. The van der Waals surface area contributed by atoms with Crippen molar-refractivity contribution in [3.05, 3.63) is 60.8 Å². The Balaban J connectivity index is 2.31. The number of unbranched alkanes of at least 4 members (excludes halogenated alkanes) is 19. The molecule has 10 nitrogen and oxygen atoms in total. The molecule has 61 heavy (non-hydrogen) atoms. The molecule has 0 amide bonds. The first-order chi connectivity index (χ1) is 29.8. The predicted octanol–water partition coefficient (Wildman–Crippen LogP) is 11.0. The van der Waals surface area contributed by atoms with Crippen LogP contribution in [0.15, 0.2) is 60.8 Å². The lowest BCUT2D eigenvalue weighted by Crippen LogP contribution is -2.59. The molecule has 1 aliphatic rings. The molecule has 4 N–H and O–H groups in total. The van der Waals surface area contributed by atoms with Gasteiger partial charge in [-0.25, -0.2) is 0 Å². The number of rotatable bonds is 40. The molecule has 0 spiro atoms. The highest BCUT2D eigenvalue weighted by molar-refractivity contribution is 5.70. The predicted molar refractivity (Wildman–Crippen MR) is 247 cm³/mol. The summed E-state index contributed by atoms with van der Waals surface area (Å²) in [5, 5.41) is 40.2. The number of aliphatic hydroxyl groups is 4. The highest BCUT2D eigenvalue weighted by atomic mass is 16.7. The van der Waals surface area contributed by atoms with E-state index in [0.717, 1.165) is 96.3 Å². The van der Waals surface area contributed by atoms with Gasteiger partial charge in [-0.15, -0.1) is 0 Å². The van der Waals surface area contributed by atoms with E-state index in [-0.39, 0.29) is 32.0 Å². The lowest BCUT2D eigenvalue weighted by molar-refractivity contribution is -0.305. The lowest BCUT2D eigenvalue weighted by atomic mass is 9.99. The first-order valence-electron chi connectivity index (χ1n) is 24.4. The fraction of sp³-hybridized carbons (Fsp3) is 0.765. The van der Waals surface area contributed by atoms with Crippen molar-refractivity contribution in [1.82, 2.24) is 0 Å². The van der Waals surface area contributed by atoms with Gasteiger partial charge in [0.25, 0.3) is 0 Å². The molecule has 6 atom stereocenters. The van der Waals surface area contributed by atoms with Crippen LogP contribution in [-0.4, -0.2) is 89.0 Å². The van der Waals surface area contributed by atoms with Gasteiger partial charge in [0.1, 0.15) is 31.0 Å². The molecule has 1 rings (SSSR count). The molecule has 0 aromatic rings.